The molecule has 5 heteroatoms. The molecule has 0 saturated carbocycles. The highest BCUT2D eigenvalue weighted by molar-refractivity contribution is 7.90. The summed E-state index contributed by atoms with van der Waals surface area (Å²) in [5, 5.41) is 0. The largest absolute Gasteiger partial charge is 0.490 e. The Balaban J connectivity index is 2.53. The first-order chi connectivity index (χ1) is 6.98. The summed E-state index contributed by atoms with van der Waals surface area (Å²) in [4.78, 5) is 2.33. The van der Waals surface area contributed by atoms with Crippen LogP contribution in [0.15, 0.2) is 23.1 Å². The molecule has 0 N–H and O–H groups in total. The smallest absolute Gasteiger partial charge is 0.175 e. The zero-order chi connectivity index (χ0) is 11.1. The van der Waals surface area contributed by atoms with E-state index in [9.17, 15) is 8.42 Å². The minimum Gasteiger partial charge on any atom is -0.490 e. The first-order valence-electron chi connectivity index (χ1n) is 4.66. The Bertz CT molecular complexity index is 481. The van der Waals surface area contributed by atoms with Gasteiger partial charge in [-0.25, -0.2) is 8.42 Å². The fourth-order valence-corrected chi connectivity index (χ4v) is 2.20. The van der Waals surface area contributed by atoms with Crippen LogP contribution in [0.3, 0.4) is 0 Å². The predicted octanol–water partition coefficient (Wildman–Crippen LogP) is 0.919. The van der Waals surface area contributed by atoms with Gasteiger partial charge < -0.3 is 9.64 Å². The topological polar surface area (TPSA) is 46.6 Å². The van der Waals surface area contributed by atoms with E-state index in [0.717, 1.165) is 18.0 Å². The van der Waals surface area contributed by atoms with Crippen LogP contribution in [-0.2, 0) is 9.84 Å². The van der Waals surface area contributed by atoms with Gasteiger partial charge in [0.1, 0.15) is 12.4 Å². The minimum absolute atomic E-state index is 0.332. The van der Waals surface area contributed by atoms with Crippen LogP contribution >= 0.6 is 0 Å². The van der Waals surface area contributed by atoms with E-state index in [1.807, 2.05) is 11.9 Å². The number of nitrogens with zero attached hydrogens (tertiary/aromatic N) is 1. The highest BCUT2D eigenvalue weighted by Gasteiger charge is 2.17. The van der Waals surface area contributed by atoms with E-state index in [1.165, 1.54) is 6.26 Å². The third-order valence-corrected chi connectivity index (χ3v) is 3.56. The number of rotatable bonds is 1. The lowest BCUT2D eigenvalue weighted by Gasteiger charge is -2.27. The molecule has 82 valence electrons. The van der Waals surface area contributed by atoms with Crippen molar-refractivity contribution < 1.29 is 13.2 Å². The van der Waals surface area contributed by atoms with Gasteiger partial charge in [-0.15, -0.1) is 0 Å². The van der Waals surface area contributed by atoms with E-state index in [2.05, 4.69) is 0 Å². The Labute approximate surface area is 89.4 Å². The summed E-state index contributed by atoms with van der Waals surface area (Å²) >= 11 is 0. The average Bonchev–Trinajstić information content (AvgIpc) is 2.16. The highest BCUT2D eigenvalue weighted by atomic mass is 32.2. The van der Waals surface area contributed by atoms with Gasteiger partial charge in [0.25, 0.3) is 0 Å². The molecule has 0 fully saturated rings. The molecule has 0 saturated heterocycles. The lowest BCUT2D eigenvalue weighted by Crippen LogP contribution is -2.28. The summed E-state index contributed by atoms with van der Waals surface area (Å²) in [6.07, 6.45) is 1.21. The van der Waals surface area contributed by atoms with Crippen LogP contribution in [-0.4, -0.2) is 34.9 Å². The fourth-order valence-electron chi connectivity index (χ4n) is 1.56. The molecule has 1 aliphatic heterocycles. The molecule has 0 amide bonds. The molecule has 1 aromatic rings. The third kappa shape index (κ3) is 1.92. The van der Waals surface area contributed by atoms with Gasteiger partial charge in [0, 0.05) is 13.3 Å². The molecule has 2 rings (SSSR count). The Morgan fingerprint density at radius 1 is 1.40 bits per heavy atom. The molecule has 0 unspecified atom stereocenters. The Morgan fingerprint density at radius 3 is 2.80 bits per heavy atom. The molecule has 0 spiro atoms. The summed E-state index contributed by atoms with van der Waals surface area (Å²) in [7, 11) is -1.22. The molecule has 1 heterocycles. The van der Waals surface area contributed by atoms with Crippen LogP contribution in [0.2, 0.25) is 0 Å². The lowest BCUT2D eigenvalue weighted by molar-refractivity contribution is 0.311. The van der Waals surface area contributed by atoms with E-state index in [4.69, 9.17) is 4.74 Å². The molecule has 0 atom stereocenters. The maximum atomic E-state index is 11.4. The summed E-state index contributed by atoms with van der Waals surface area (Å²) in [5.41, 5.74) is 0.837. The standard InChI is InChI=1S/C10H13NO3S/c1-11-5-6-14-10-4-3-8(7-9(10)11)15(2,12)13/h3-4,7H,5-6H2,1-2H3. The van der Waals surface area contributed by atoms with Crippen LogP contribution in [0.5, 0.6) is 5.75 Å². The zero-order valence-electron chi connectivity index (χ0n) is 8.73. The van der Waals surface area contributed by atoms with Crippen molar-refractivity contribution in [2.45, 2.75) is 4.90 Å². The average molecular weight is 227 g/mol. The SMILES string of the molecule is CN1CCOc2ccc(S(C)(=O)=O)cc21. The molecule has 1 aliphatic rings. The van der Waals surface area contributed by atoms with Gasteiger partial charge in [-0.2, -0.15) is 0 Å². The monoisotopic (exact) mass is 227 g/mol. The Hall–Kier alpha value is -1.23. The fraction of sp³-hybridized carbons (Fsp3) is 0.400. The van der Waals surface area contributed by atoms with Gasteiger partial charge in [0.2, 0.25) is 0 Å². The number of sulfone groups is 1. The molecule has 15 heavy (non-hydrogen) atoms. The van der Waals surface area contributed by atoms with E-state index in [1.54, 1.807) is 18.2 Å². The minimum atomic E-state index is -3.14. The van der Waals surface area contributed by atoms with Crippen LogP contribution in [0.25, 0.3) is 0 Å². The van der Waals surface area contributed by atoms with Crippen LogP contribution in [0.4, 0.5) is 5.69 Å². The maximum Gasteiger partial charge on any atom is 0.175 e. The van der Waals surface area contributed by atoms with Crippen molar-refractivity contribution >= 4 is 15.5 Å². The molecule has 0 bridgehead atoms. The number of likely N-dealkylation sites (N-methyl/N-ethyl adjacent to an activating group) is 1. The number of hydrogen-bond acceptors (Lipinski definition) is 4. The van der Waals surface area contributed by atoms with E-state index in [0.29, 0.717) is 11.5 Å². The number of anilines is 1. The zero-order valence-corrected chi connectivity index (χ0v) is 9.54. The normalized spacial score (nSPS) is 15.7. The van der Waals surface area contributed by atoms with Gasteiger partial charge in [0.05, 0.1) is 17.1 Å². The molecule has 0 aromatic heterocycles. The highest BCUT2D eigenvalue weighted by Crippen LogP contribution is 2.32. The van der Waals surface area contributed by atoms with Crippen molar-refractivity contribution in [3.8, 4) is 5.75 Å². The lowest BCUT2D eigenvalue weighted by atomic mass is 10.2. The quantitative estimate of drug-likeness (QED) is 0.715. The van der Waals surface area contributed by atoms with E-state index < -0.39 is 9.84 Å². The van der Waals surface area contributed by atoms with Crippen molar-refractivity contribution in [2.24, 2.45) is 0 Å². The molecular formula is C10H13NO3S. The summed E-state index contributed by atoms with van der Waals surface area (Å²) in [6.45, 7) is 1.42. The predicted molar refractivity (Wildman–Crippen MR) is 58.3 cm³/mol. The van der Waals surface area contributed by atoms with Crippen molar-refractivity contribution in [3.05, 3.63) is 18.2 Å². The Morgan fingerprint density at radius 2 is 2.13 bits per heavy atom. The van der Waals surface area contributed by atoms with Gasteiger partial charge in [-0.05, 0) is 18.2 Å². The Kier molecular flexibility index (Phi) is 2.34. The van der Waals surface area contributed by atoms with Crippen LogP contribution in [0, 0.1) is 0 Å². The third-order valence-electron chi connectivity index (χ3n) is 2.45. The van der Waals surface area contributed by atoms with E-state index in [-0.39, 0.29) is 0 Å². The first kappa shape index (κ1) is 10.3. The second-order valence-corrected chi connectivity index (χ2v) is 5.69. The van der Waals surface area contributed by atoms with Crippen LogP contribution in [0.1, 0.15) is 0 Å². The van der Waals surface area contributed by atoms with Gasteiger partial charge in [0.15, 0.2) is 9.84 Å². The first-order valence-corrected chi connectivity index (χ1v) is 6.55. The van der Waals surface area contributed by atoms with Crippen molar-refractivity contribution in [3.63, 3.8) is 0 Å². The summed E-state index contributed by atoms with van der Waals surface area (Å²) in [5.74, 6) is 0.746. The number of ether oxygens (including phenoxy) is 1. The molecule has 0 radical (unpaired) electrons. The second-order valence-electron chi connectivity index (χ2n) is 3.67. The van der Waals surface area contributed by atoms with Crippen molar-refractivity contribution in [1.82, 2.24) is 0 Å². The van der Waals surface area contributed by atoms with Gasteiger partial charge in [-0.3, -0.25) is 0 Å². The molecule has 4 nitrogen and oxygen atoms in total. The number of fused-ring (bicyclic) bond motifs is 1. The van der Waals surface area contributed by atoms with Crippen molar-refractivity contribution in [2.75, 3.05) is 31.4 Å². The van der Waals surface area contributed by atoms with Gasteiger partial charge in [-0.1, -0.05) is 0 Å². The second kappa shape index (κ2) is 3.41. The number of benzene rings is 1. The van der Waals surface area contributed by atoms with E-state index >= 15 is 0 Å². The summed E-state index contributed by atoms with van der Waals surface area (Å²) in [6, 6.07) is 4.94. The molecule has 1 aromatic carbocycles. The molecular weight excluding hydrogens is 214 g/mol. The number of hydrogen-bond donors (Lipinski definition) is 0. The maximum absolute atomic E-state index is 11.4. The molecule has 0 aliphatic carbocycles. The van der Waals surface area contributed by atoms with Gasteiger partial charge >= 0.3 is 0 Å². The van der Waals surface area contributed by atoms with Crippen molar-refractivity contribution in [1.29, 1.82) is 0 Å². The van der Waals surface area contributed by atoms with Crippen LogP contribution < -0.4 is 9.64 Å². The summed E-state index contributed by atoms with van der Waals surface area (Å²) < 4.78 is 28.2.